The van der Waals surface area contributed by atoms with Crippen LogP contribution in [0.2, 0.25) is 10.0 Å². The number of nitrogens with zero attached hydrogens (tertiary/aromatic N) is 2. The molecule has 1 aromatic rings. The van der Waals surface area contributed by atoms with Crippen LogP contribution in [0.1, 0.15) is 25.8 Å². The van der Waals surface area contributed by atoms with Gasteiger partial charge < -0.3 is 15.0 Å². The Bertz CT molecular complexity index is 584. The Kier molecular flexibility index (Phi) is 6.79. The van der Waals surface area contributed by atoms with Gasteiger partial charge in [-0.25, -0.2) is 0 Å². The minimum atomic E-state index is -0.0958. The Hall–Kier alpha value is -0.970. The lowest BCUT2D eigenvalue weighted by Crippen LogP contribution is -2.45. The largest absolute Gasteiger partial charge is 0.381 e. The number of hydrogen-bond acceptors (Lipinski definition) is 2. The van der Waals surface area contributed by atoms with Gasteiger partial charge in [0.25, 0.3) is 0 Å². The molecular weight excluding hydrogens is 345 g/mol. The van der Waals surface area contributed by atoms with Crippen LogP contribution in [-0.4, -0.2) is 51.3 Å². The first-order chi connectivity index (χ1) is 11.3. The zero-order chi connectivity index (χ0) is 17.7. The lowest BCUT2D eigenvalue weighted by molar-refractivity contribution is 0.181. The first-order valence-corrected chi connectivity index (χ1v) is 9.04. The molecule has 2 rings (SSSR count). The highest BCUT2D eigenvalue weighted by atomic mass is 35.5. The Balaban J connectivity index is 1.96. The zero-order valence-electron chi connectivity index (χ0n) is 14.9. The third-order valence-electron chi connectivity index (χ3n) is 4.52. The topological polar surface area (TPSA) is 36.9 Å². The summed E-state index contributed by atoms with van der Waals surface area (Å²) < 4.78 is 5.45. The Morgan fingerprint density at radius 3 is 2.71 bits per heavy atom. The van der Waals surface area contributed by atoms with E-state index in [1.54, 1.807) is 0 Å². The summed E-state index contributed by atoms with van der Waals surface area (Å²) in [6.45, 7) is 7.77. The molecule has 1 saturated heterocycles. The number of nitrogens with one attached hydrogen (secondary N) is 1. The fraction of sp³-hybridized carbons (Fsp3) is 0.611. The number of ether oxygens (including phenoxy) is 1. The molecule has 1 heterocycles. The third-order valence-corrected chi connectivity index (χ3v) is 5.26. The number of rotatable bonds is 5. The second-order valence-electron chi connectivity index (χ2n) is 7.02. The summed E-state index contributed by atoms with van der Waals surface area (Å²) in [5, 5.41) is 4.64. The molecule has 4 nitrogen and oxygen atoms in total. The van der Waals surface area contributed by atoms with Gasteiger partial charge in [-0.1, -0.05) is 43.1 Å². The van der Waals surface area contributed by atoms with Gasteiger partial charge in [0, 0.05) is 45.1 Å². The normalized spacial score (nSPS) is 18.8. The fourth-order valence-electron chi connectivity index (χ4n) is 2.91. The van der Waals surface area contributed by atoms with Gasteiger partial charge in [0.15, 0.2) is 5.96 Å². The molecule has 0 amide bonds. The zero-order valence-corrected chi connectivity index (χ0v) is 16.4. The maximum absolute atomic E-state index is 6.16. The average molecular weight is 372 g/mol. The number of guanidine groups is 1. The van der Waals surface area contributed by atoms with Gasteiger partial charge in [-0.05, 0) is 24.1 Å². The molecule has 24 heavy (non-hydrogen) atoms. The van der Waals surface area contributed by atoms with Crippen LogP contribution in [-0.2, 0) is 10.2 Å². The van der Waals surface area contributed by atoms with E-state index in [1.165, 1.54) is 0 Å². The molecule has 1 unspecified atom stereocenters. The maximum Gasteiger partial charge on any atom is 0.193 e. The third kappa shape index (κ3) is 5.01. The minimum Gasteiger partial charge on any atom is -0.381 e. The van der Waals surface area contributed by atoms with Crippen LogP contribution in [0.5, 0.6) is 0 Å². The van der Waals surface area contributed by atoms with Crippen molar-refractivity contribution in [3.8, 4) is 0 Å². The van der Waals surface area contributed by atoms with E-state index in [9.17, 15) is 0 Å². The van der Waals surface area contributed by atoms with Crippen LogP contribution < -0.4 is 5.32 Å². The van der Waals surface area contributed by atoms with E-state index in [1.807, 2.05) is 25.2 Å². The summed E-state index contributed by atoms with van der Waals surface area (Å²) in [7, 11) is 3.88. The van der Waals surface area contributed by atoms with Crippen molar-refractivity contribution in [1.82, 2.24) is 10.2 Å². The fourth-order valence-corrected chi connectivity index (χ4v) is 3.20. The van der Waals surface area contributed by atoms with Gasteiger partial charge in [-0.2, -0.15) is 0 Å². The van der Waals surface area contributed by atoms with Crippen molar-refractivity contribution < 1.29 is 4.74 Å². The molecule has 0 radical (unpaired) electrons. The summed E-state index contributed by atoms with van der Waals surface area (Å²) in [5.74, 6) is 1.48. The summed E-state index contributed by atoms with van der Waals surface area (Å²) in [6.07, 6.45) is 1.12. The van der Waals surface area contributed by atoms with E-state index in [2.05, 4.69) is 36.1 Å². The van der Waals surface area contributed by atoms with Crippen molar-refractivity contribution in [3.63, 3.8) is 0 Å². The summed E-state index contributed by atoms with van der Waals surface area (Å²) >= 11 is 12.2. The van der Waals surface area contributed by atoms with Crippen molar-refractivity contribution in [3.05, 3.63) is 33.8 Å². The molecule has 0 aliphatic carbocycles. The van der Waals surface area contributed by atoms with E-state index in [0.717, 1.165) is 44.2 Å². The van der Waals surface area contributed by atoms with Crippen molar-refractivity contribution in [2.75, 3.05) is 40.4 Å². The van der Waals surface area contributed by atoms with Gasteiger partial charge in [-0.15, -0.1) is 0 Å². The molecular formula is C18H27Cl2N3O. The average Bonchev–Trinajstić information content (AvgIpc) is 3.03. The molecule has 1 fully saturated rings. The van der Waals surface area contributed by atoms with E-state index >= 15 is 0 Å². The summed E-state index contributed by atoms with van der Waals surface area (Å²) in [4.78, 5) is 6.57. The van der Waals surface area contributed by atoms with E-state index < -0.39 is 0 Å². The standard InChI is InChI=1S/C18H27Cl2N3O/c1-18(2,14-5-6-15(19)16(20)9-14)12-22-17(21-3)23(4)10-13-7-8-24-11-13/h5-6,9,13H,7-8,10-12H2,1-4H3,(H,21,22). The van der Waals surface area contributed by atoms with Crippen LogP contribution in [0.4, 0.5) is 0 Å². The van der Waals surface area contributed by atoms with E-state index in [4.69, 9.17) is 27.9 Å². The number of benzene rings is 1. The number of aliphatic imine (C=N–C) groups is 1. The van der Waals surface area contributed by atoms with E-state index in [-0.39, 0.29) is 5.41 Å². The predicted octanol–water partition coefficient (Wildman–Crippen LogP) is 3.81. The quantitative estimate of drug-likeness (QED) is 0.631. The van der Waals surface area contributed by atoms with Crippen LogP contribution in [0, 0.1) is 5.92 Å². The second kappa shape index (κ2) is 8.41. The molecule has 0 saturated carbocycles. The van der Waals surface area contributed by atoms with Gasteiger partial charge in [0.2, 0.25) is 0 Å². The summed E-state index contributed by atoms with van der Waals surface area (Å²) in [6, 6.07) is 5.81. The highest BCUT2D eigenvalue weighted by Crippen LogP contribution is 2.29. The first-order valence-electron chi connectivity index (χ1n) is 8.28. The molecule has 0 bridgehead atoms. The molecule has 1 N–H and O–H groups in total. The predicted molar refractivity (Wildman–Crippen MR) is 102 cm³/mol. The minimum absolute atomic E-state index is 0.0958. The van der Waals surface area contributed by atoms with Crippen molar-refractivity contribution in [2.45, 2.75) is 25.7 Å². The molecule has 1 aliphatic heterocycles. The highest BCUT2D eigenvalue weighted by Gasteiger charge is 2.24. The van der Waals surface area contributed by atoms with Crippen LogP contribution in [0.15, 0.2) is 23.2 Å². The van der Waals surface area contributed by atoms with Gasteiger partial charge in [0.1, 0.15) is 0 Å². The van der Waals surface area contributed by atoms with E-state index in [0.29, 0.717) is 16.0 Å². The van der Waals surface area contributed by atoms with Gasteiger partial charge in [0.05, 0.1) is 16.7 Å². The number of hydrogen-bond donors (Lipinski definition) is 1. The summed E-state index contributed by atoms with van der Waals surface area (Å²) in [5.41, 5.74) is 1.05. The Labute approximate surface area is 155 Å². The monoisotopic (exact) mass is 371 g/mol. The van der Waals surface area contributed by atoms with Crippen LogP contribution >= 0.6 is 23.2 Å². The lowest BCUT2D eigenvalue weighted by Gasteiger charge is -2.30. The maximum atomic E-state index is 6.16. The smallest absolute Gasteiger partial charge is 0.193 e. The molecule has 134 valence electrons. The molecule has 1 aromatic carbocycles. The Morgan fingerprint density at radius 1 is 1.38 bits per heavy atom. The van der Waals surface area contributed by atoms with Crippen molar-refractivity contribution in [2.24, 2.45) is 10.9 Å². The van der Waals surface area contributed by atoms with Gasteiger partial charge >= 0.3 is 0 Å². The van der Waals surface area contributed by atoms with Crippen LogP contribution in [0.25, 0.3) is 0 Å². The lowest BCUT2D eigenvalue weighted by atomic mass is 9.84. The Morgan fingerprint density at radius 2 is 2.12 bits per heavy atom. The SMILES string of the molecule is CN=C(NCC(C)(C)c1ccc(Cl)c(Cl)c1)N(C)CC1CCOC1. The van der Waals surface area contributed by atoms with Gasteiger partial charge in [-0.3, -0.25) is 4.99 Å². The second-order valence-corrected chi connectivity index (χ2v) is 7.84. The molecule has 1 atom stereocenters. The number of halogens is 2. The molecule has 1 aliphatic rings. The molecule has 0 aromatic heterocycles. The molecule has 6 heteroatoms. The van der Waals surface area contributed by atoms with Crippen molar-refractivity contribution >= 4 is 29.2 Å². The molecule has 0 spiro atoms. The van der Waals surface area contributed by atoms with Crippen molar-refractivity contribution in [1.29, 1.82) is 0 Å². The van der Waals surface area contributed by atoms with Crippen LogP contribution in [0.3, 0.4) is 0 Å². The highest BCUT2D eigenvalue weighted by molar-refractivity contribution is 6.42. The first kappa shape index (κ1) is 19.4.